The number of aryl methyl sites for hydroxylation is 2. The van der Waals surface area contributed by atoms with E-state index in [1.165, 1.54) is 31.4 Å². The highest BCUT2D eigenvalue weighted by Gasteiger charge is 2.28. The molecule has 1 aromatic rings. The first-order chi connectivity index (χ1) is 8.26. The van der Waals surface area contributed by atoms with Crippen LogP contribution >= 0.6 is 0 Å². The Morgan fingerprint density at radius 3 is 2.71 bits per heavy atom. The van der Waals surface area contributed by atoms with Crippen molar-refractivity contribution in [1.82, 2.24) is 15.1 Å². The molecule has 1 atom stereocenters. The Morgan fingerprint density at radius 2 is 2.12 bits per heavy atom. The summed E-state index contributed by atoms with van der Waals surface area (Å²) in [5, 5.41) is 8.25. The molecule has 0 spiro atoms. The summed E-state index contributed by atoms with van der Waals surface area (Å²) in [5.74, 6) is 0.802. The van der Waals surface area contributed by atoms with E-state index in [-0.39, 0.29) is 0 Å². The van der Waals surface area contributed by atoms with Crippen molar-refractivity contribution in [2.75, 3.05) is 6.54 Å². The van der Waals surface area contributed by atoms with E-state index in [1.807, 2.05) is 0 Å². The van der Waals surface area contributed by atoms with Crippen molar-refractivity contribution in [1.29, 1.82) is 0 Å². The van der Waals surface area contributed by atoms with Crippen LogP contribution in [0.1, 0.15) is 57.0 Å². The summed E-state index contributed by atoms with van der Waals surface area (Å²) in [6, 6.07) is 2.76. The molecule has 17 heavy (non-hydrogen) atoms. The van der Waals surface area contributed by atoms with Gasteiger partial charge in [0.05, 0.1) is 17.4 Å². The van der Waals surface area contributed by atoms with Gasteiger partial charge >= 0.3 is 0 Å². The molecule has 0 saturated heterocycles. The second kappa shape index (κ2) is 5.67. The highest BCUT2D eigenvalue weighted by molar-refractivity contribution is 5.15. The van der Waals surface area contributed by atoms with Crippen LogP contribution in [0.2, 0.25) is 0 Å². The van der Waals surface area contributed by atoms with Gasteiger partial charge in [-0.3, -0.25) is 4.68 Å². The van der Waals surface area contributed by atoms with Crippen molar-refractivity contribution >= 4 is 0 Å². The van der Waals surface area contributed by atoms with Crippen molar-refractivity contribution in [3.8, 4) is 0 Å². The van der Waals surface area contributed by atoms with Gasteiger partial charge in [0.25, 0.3) is 0 Å². The molecular weight excluding hydrogens is 210 g/mol. The molecule has 3 nitrogen and oxygen atoms in total. The summed E-state index contributed by atoms with van der Waals surface area (Å²) in [6.07, 6.45) is 5.52. The fourth-order valence-corrected chi connectivity index (χ4v) is 3.09. The smallest absolute Gasteiger partial charge is 0.0597 e. The fraction of sp³-hybridized carbons (Fsp3) is 0.786. The third-order valence-corrected chi connectivity index (χ3v) is 3.85. The monoisotopic (exact) mass is 235 g/mol. The highest BCUT2D eigenvalue weighted by atomic mass is 15.3. The third kappa shape index (κ3) is 2.71. The van der Waals surface area contributed by atoms with Crippen LogP contribution in [0.15, 0.2) is 6.07 Å². The standard InChI is InChI=1S/C14H25N3/c1-4-15-14(12-8-6-7-9-12)13-10-11(3)16-17(13)5-2/h10,12,14-15H,4-9H2,1-3H3. The molecule has 3 heteroatoms. The summed E-state index contributed by atoms with van der Waals surface area (Å²) < 4.78 is 2.17. The molecule has 1 unspecified atom stereocenters. The van der Waals surface area contributed by atoms with Crippen LogP contribution in [-0.2, 0) is 6.54 Å². The molecule has 0 amide bonds. The van der Waals surface area contributed by atoms with Gasteiger partial charge in [0, 0.05) is 6.54 Å². The lowest BCUT2D eigenvalue weighted by molar-refractivity contribution is 0.352. The Kier molecular flexibility index (Phi) is 4.21. The largest absolute Gasteiger partial charge is 0.309 e. The average molecular weight is 235 g/mol. The molecule has 0 bridgehead atoms. The van der Waals surface area contributed by atoms with Crippen molar-refractivity contribution in [3.05, 3.63) is 17.5 Å². The Hall–Kier alpha value is -0.830. The molecule has 1 aliphatic rings. The number of aromatic nitrogens is 2. The maximum atomic E-state index is 4.58. The van der Waals surface area contributed by atoms with Gasteiger partial charge in [-0.25, -0.2) is 0 Å². The van der Waals surface area contributed by atoms with Crippen molar-refractivity contribution in [3.63, 3.8) is 0 Å². The van der Waals surface area contributed by atoms with Gasteiger partial charge in [0.1, 0.15) is 0 Å². The van der Waals surface area contributed by atoms with Crippen molar-refractivity contribution in [2.45, 2.75) is 59.0 Å². The van der Waals surface area contributed by atoms with Gasteiger partial charge < -0.3 is 5.32 Å². The Bertz CT molecular complexity index is 350. The molecular formula is C14H25N3. The molecule has 2 rings (SSSR count). The van der Waals surface area contributed by atoms with E-state index in [0.717, 1.165) is 24.7 Å². The van der Waals surface area contributed by atoms with E-state index in [2.05, 4.69) is 41.9 Å². The molecule has 1 saturated carbocycles. The zero-order valence-corrected chi connectivity index (χ0v) is 11.4. The summed E-state index contributed by atoms with van der Waals surface area (Å²) >= 11 is 0. The maximum absolute atomic E-state index is 4.58. The van der Waals surface area contributed by atoms with Crippen molar-refractivity contribution < 1.29 is 0 Å². The number of hydrogen-bond acceptors (Lipinski definition) is 2. The highest BCUT2D eigenvalue weighted by Crippen LogP contribution is 2.35. The van der Waals surface area contributed by atoms with E-state index in [4.69, 9.17) is 0 Å². The van der Waals surface area contributed by atoms with Gasteiger partial charge in [-0.2, -0.15) is 5.10 Å². The minimum Gasteiger partial charge on any atom is -0.309 e. The first-order valence-corrected chi connectivity index (χ1v) is 7.04. The van der Waals surface area contributed by atoms with E-state index in [1.54, 1.807) is 0 Å². The number of nitrogens with zero attached hydrogens (tertiary/aromatic N) is 2. The topological polar surface area (TPSA) is 29.9 Å². The van der Waals surface area contributed by atoms with E-state index in [9.17, 15) is 0 Å². The normalized spacial score (nSPS) is 18.8. The number of nitrogens with one attached hydrogen (secondary N) is 1. The Morgan fingerprint density at radius 1 is 1.41 bits per heavy atom. The minimum absolute atomic E-state index is 0.503. The van der Waals surface area contributed by atoms with Gasteiger partial charge in [0.2, 0.25) is 0 Å². The second-order valence-corrected chi connectivity index (χ2v) is 5.11. The van der Waals surface area contributed by atoms with Crippen LogP contribution in [0.3, 0.4) is 0 Å². The molecule has 0 aliphatic heterocycles. The molecule has 1 fully saturated rings. The molecule has 0 aromatic carbocycles. The van der Waals surface area contributed by atoms with E-state index >= 15 is 0 Å². The van der Waals surface area contributed by atoms with Crippen LogP contribution < -0.4 is 5.32 Å². The minimum atomic E-state index is 0.503. The molecule has 96 valence electrons. The Balaban J connectivity index is 2.23. The molecule has 1 aromatic heterocycles. The predicted molar refractivity (Wildman–Crippen MR) is 71.0 cm³/mol. The van der Waals surface area contributed by atoms with Gasteiger partial charge in [-0.1, -0.05) is 19.8 Å². The average Bonchev–Trinajstić information content (AvgIpc) is 2.94. The summed E-state index contributed by atoms with van der Waals surface area (Å²) in [7, 11) is 0. The third-order valence-electron chi connectivity index (χ3n) is 3.85. The van der Waals surface area contributed by atoms with Crippen LogP contribution in [0.25, 0.3) is 0 Å². The van der Waals surface area contributed by atoms with Crippen LogP contribution in [0, 0.1) is 12.8 Å². The Labute approximate surface area is 105 Å². The van der Waals surface area contributed by atoms with E-state index in [0.29, 0.717) is 6.04 Å². The lowest BCUT2D eigenvalue weighted by Crippen LogP contribution is -2.29. The maximum Gasteiger partial charge on any atom is 0.0597 e. The van der Waals surface area contributed by atoms with E-state index < -0.39 is 0 Å². The quantitative estimate of drug-likeness (QED) is 0.850. The molecule has 1 aliphatic carbocycles. The molecule has 0 radical (unpaired) electrons. The number of hydrogen-bond donors (Lipinski definition) is 1. The lowest BCUT2D eigenvalue weighted by atomic mass is 9.95. The SMILES string of the molecule is CCNC(c1cc(C)nn1CC)C1CCCC1. The summed E-state index contributed by atoms with van der Waals surface area (Å²) in [4.78, 5) is 0. The van der Waals surface area contributed by atoms with Gasteiger partial charge in [0.15, 0.2) is 0 Å². The first kappa shape index (κ1) is 12.6. The second-order valence-electron chi connectivity index (χ2n) is 5.11. The molecule has 1 heterocycles. The first-order valence-electron chi connectivity index (χ1n) is 7.04. The van der Waals surface area contributed by atoms with Crippen LogP contribution in [-0.4, -0.2) is 16.3 Å². The molecule has 1 N–H and O–H groups in total. The zero-order chi connectivity index (χ0) is 12.3. The van der Waals surface area contributed by atoms with Crippen LogP contribution in [0.5, 0.6) is 0 Å². The van der Waals surface area contributed by atoms with Crippen molar-refractivity contribution in [2.24, 2.45) is 5.92 Å². The van der Waals surface area contributed by atoms with Gasteiger partial charge in [-0.15, -0.1) is 0 Å². The lowest BCUT2D eigenvalue weighted by Gasteiger charge is -2.25. The fourth-order valence-electron chi connectivity index (χ4n) is 3.09. The van der Waals surface area contributed by atoms with Gasteiger partial charge in [-0.05, 0) is 45.2 Å². The summed E-state index contributed by atoms with van der Waals surface area (Å²) in [5.41, 5.74) is 2.53. The van der Waals surface area contributed by atoms with Crippen LogP contribution in [0.4, 0.5) is 0 Å². The number of rotatable bonds is 5. The summed E-state index contributed by atoms with van der Waals surface area (Å²) in [6.45, 7) is 8.47. The predicted octanol–water partition coefficient (Wildman–Crippen LogP) is 3.05. The zero-order valence-electron chi connectivity index (χ0n) is 11.4.